The van der Waals surface area contributed by atoms with Crippen LogP contribution in [0.3, 0.4) is 0 Å². The first-order valence-electron chi connectivity index (χ1n) is 4.08. The number of hydrogen-bond donors (Lipinski definition) is 3. The van der Waals surface area contributed by atoms with E-state index in [0.717, 1.165) is 5.01 Å². The van der Waals surface area contributed by atoms with Crippen LogP contribution in [0.2, 0.25) is 0 Å². The fourth-order valence-corrected chi connectivity index (χ4v) is 0.810. The van der Waals surface area contributed by atoms with E-state index in [1.807, 2.05) is 5.43 Å². The van der Waals surface area contributed by atoms with Gasteiger partial charge in [0.15, 0.2) is 0 Å². The third kappa shape index (κ3) is 6.06. The topological polar surface area (TPSA) is 101 Å². The van der Waals surface area contributed by atoms with E-state index in [1.54, 1.807) is 0 Å². The molecule has 0 aliphatic heterocycles. The van der Waals surface area contributed by atoms with Crippen LogP contribution < -0.4 is 17.1 Å². The van der Waals surface area contributed by atoms with Crippen molar-refractivity contribution in [2.45, 2.75) is 25.7 Å². The Morgan fingerprint density at radius 2 is 1.85 bits per heavy atom. The zero-order valence-electron chi connectivity index (χ0n) is 7.75. The minimum atomic E-state index is -0.214. The van der Waals surface area contributed by atoms with Gasteiger partial charge in [-0.25, -0.2) is 11.7 Å². The van der Waals surface area contributed by atoms with E-state index in [1.165, 1.54) is 7.05 Å². The fourth-order valence-electron chi connectivity index (χ4n) is 0.810. The molecule has 0 fully saturated rings. The maximum atomic E-state index is 10.9. The summed E-state index contributed by atoms with van der Waals surface area (Å²) >= 11 is 0. The molecule has 0 aliphatic rings. The standard InChI is InChI=1S/C7H16N4O2/c1-11(9)7(13)5-3-2-4-6(12)10-8/h2-5,8-9H2,1H3,(H,10,12). The van der Waals surface area contributed by atoms with Crippen LogP contribution in [0.4, 0.5) is 0 Å². The van der Waals surface area contributed by atoms with Crippen molar-refractivity contribution in [3.05, 3.63) is 0 Å². The first-order chi connectivity index (χ1) is 6.07. The number of amides is 2. The van der Waals surface area contributed by atoms with Gasteiger partial charge in [0, 0.05) is 19.9 Å². The Kier molecular flexibility index (Phi) is 5.82. The first kappa shape index (κ1) is 11.9. The van der Waals surface area contributed by atoms with Crippen molar-refractivity contribution in [3.63, 3.8) is 0 Å². The molecule has 6 nitrogen and oxygen atoms in total. The molecule has 0 saturated carbocycles. The van der Waals surface area contributed by atoms with Crippen molar-refractivity contribution >= 4 is 11.8 Å². The molecule has 13 heavy (non-hydrogen) atoms. The number of hydrazine groups is 2. The van der Waals surface area contributed by atoms with Gasteiger partial charge in [-0.2, -0.15) is 0 Å². The molecule has 0 heterocycles. The molecule has 2 amide bonds. The Morgan fingerprint density at radius 3 is 2.31 bits per heavy atom. The highest BCUT2D eigenvalue weighted by atomic mass is 16.2. The van der Waals surface area contributed by atoms with Crippen LogP contribution >= 0.6 is 0 Å². The highest BCUT2D eigenvalue weighted by Gasteiger charge is 2.04. The highest BCUT2D eigenvalue weighted by molar-refractivity contribution is 5.76. The number of unbranched alkanes of at least 4 members (excludes halogenated alkanes) is 1. The molecule has 0 aromatic rings. The molecule has 6 heteroatoms. The minimum absolute atomic E-state index is 0.131. The minimum Gasteiger partial charge on any atom is -0.294 e. The van der Waals surface area contributed by atoms with Gasteiger partial charge >= 0.3 is 0 Å². The molecule has 0 saturated heterocycles. The lowest BCUT2D eigenvalue weighted by atomic mass is 10.2. The number of carbonyl (C=O) groups excluding carboxylic acids is 2. The number of rotatable bonds is 5. The van der Waals surface area contributed by atoms with E-state index in [2.05, 4.69) is 0 Å². The molecule has 0 aromatic carbocycles. The van der Waals surface area contributed by atoms with Crippen LogP contribution in [0.1, 0.15) is 25.7 Å². The zero-order valence-corrected chi connectivity index (χ0v) is 7.75. The summed E-state index contributed by atoms with van der Waals surface area (Å²) in [5, 5.41) is 1.04. The number of carbonyl (C=O) groups is 2. The third-order valence-electron chi connectivity index (χ3n) is 1.60. The monoisotopic (exact) mass is 188 g/mol. The lowest BCUT2D eigenvalue weighted by molar-refractivity contribution is -0.130. The molecular formula is C7H16N4O2. The summed E-state index contributed by atoms with van der Waals surface area (Å²) in [4.78, 5) is 21.6. The van der Waals surface area contributed by atoms with E-state index < -0.39 is 0 Å². The lowest BCUT2D eigenvalue weighted by Gasteiger charge is -2.08. The Morgan fingerprint density at radius 1 is 1.31 bits per heavy atom. The van der Waals surface area contributed by atoms with Crippen molar-refractivity contribution in [2.24, 2.45) is 11.7 Å². The Bertz CT molecular complexity index is 181. The molecule has 5 N–H and O–H groups in total. The summed E-state index contributed by atoms with van der Waals surface area (Å²) in [6.07, 6.45) is 2.00. The SMILES string of the molecule is CN(N)C(=O)CCCCC(=O)NN. The number of nitrogens with two attached hydrogens (primary N) is 2. The van der Waals surface area contributed by atoms with Crippen LogP contribution in [0.5, 0.6) is 0 Å². The number of nitrogens with one attached hydrogen (secondary N) is 1. The number of hydrogen-bond acceptors (Lipinski definition) is 4. The third-order valence-corrected chi connectivity index (χ3v) is 1.60. The van der Waals surface area contributed by atoms with Crippen LogP contribution in [0.15, 0.2) is 0 Å². The fraction of sp³-hybridized carbons (Fsp3) is 0.714. The van der Waals surface area contributed by atoms with Gasteiger partial charge < -0.3 is 0 Å². The Labute approximate surface area is 77.2 Å². The molecule has 0 unspecified atom stereocenters. The smallest absolute Gasteiger partial charge is 0.236 e. The molecule has 0 spiro atoms. The molecule has 0 aliphatic carbocycles. The molecule has 0 bridgehead atoms. The second-order valence-corrected chi connectivity index (χ2v) is 2.78. The Balaban J connectivity index is 3.36. The lowest BCUT2D eigenvalue weighted by Crippen LogP contribution is -2.33. The van der Waals surface area contributed by atoms with Gasteiger partial charge in [0.25, 0.3) is 0 Å². The number of nitrogens with zero attached hydrogens (tertiary/aromatic N) is 1. The van der Waals surface area contributed by atoms with E-state index in [4.69, 9.17) is 11.7 Å². The normalized spacial score (nSPS) is 9.46. The molecule has 0 radical (unpaired) electrons. The molecule has 76 valence electrons. The van der Waals surface area contributed by atoms with Crippen molar-refractivity contribution < 1.29 is 9.59 Å². The van der Waals surface area contributed by atoms with Gasteiger partial charge in [-0.1, -0.05) is 0 Å². The zero-order chi connectivity index (χ0) is 10.3. The summed E-state index contributed by atoms with van der Waals surface area (Å²) in [6, 6.07) is 0. The van der Waals surface area contributed by atoms with Crippen LogP contribution in [-0.2, 0) is 9.59 Å². The highest BCUT2D eigenvalue weighted by Crippen LogP contribution is 2.00. The van der Waals surface area contributed by atoms with Gasteiger partial charge in [0.2, 0.25) is 11.8 Å². The average molecular weight is 188 g/mol. The summed E-state index contributed by atoms with van der Waals surface area (Å²) in [5.74, 6) is 9.71. The summed E-state index contributed by atoms with van der Waals surface area (Å²) < 4.78 is 0. The summed E-state index contributed by atoms with van der Waals surface area (Å²) in [6.45, 7) is 0. The van der Waals surface area contributed by atoms with Crippen LogP contribution in [0.25, 0.3) is 0 Å². The van der Waals surface area contributed by atoms with E-state index in [9.17, 15) is 9.59 Å². The van der Waals surface area contributed by atoms with E-state index >= 15 is 0 Å². The van der Waals surface area contributed by atoms with Crippen LogP contribution in [0, 0.1) is 0 Å². The second kappa shape index (κ2) is 6.38. The quantitative estimate of drug-likeness (QED) is 0.220. The summed E-state index contributed by atoms with van der Waals surface area (Å²) in [5.41, 5.74) is 2.02. The maximum absolute atomic E-state index is 10.9. The Hall–Kier alpha value is -1.14. The largest absolute Gasteiger partial charge is 0.294 e. The molecule has 0 rings (SSSR count). The van der Waals surface area contributed by atoms with Gasteiger partial charge in [0.05, 0.1) is 0 Å². The molecule has 0 aromatic heterocycles. The van der Waals surface area contributed by atoms with Crippen molar-refractivity contribution in [1.29, 1.82) is 0 Å². The maximum Gasteiger partial charge on any atom is 0.236 e. The van der Waals surface area contributed by atoms with E-state index in [0.29, 0.717) is 25.7 Å². The molecule has 0 atom stereocenters. The van der Waals surface area contributed by atoms with Gasteiger partial charge in [0.1, 0.15) is 0 Å². The van der Waals surface area contributed by atoms with E-state index in [-0.39, 0.29) is 11.8 Å². The molecular weight excluding hydrogens is 172 g/mol. The van der Waals surface area contributed by atoms with Gasteiger partial charge in [-0.3, -0.25) is 20.0 Å². The van der Waals surface area contributed by atoms with Crippen LogP contribution in [-0.4, -0.2) is 23.9 Å². The van der Waals surface area contributed by atoms with Crippen molar-refractivity contribution in [2.75, 3.05) is 7.05 Å². The van der Waals surface area contributed by atoms with Gasteiger partial charge in [-0.05, 0) is 12.8 Å². The first-order valence-corrected chi connectivity index (χ1v) is 4.08. The second-order valence-electron chi connectivity index (χ2n) is 2.78. The summed E-state index contributed by atoms with van der Waals surface area (Å²) in [7, 11) is 1.49. The predicted molar refractivity (Wildman–Crippen MR) is 47.8 cm³/mol. The van der Waals surface area contributed by atoms with Crippen molar-refractivity contribution in [3.8, 4) is 0 Å². The predicted octanol–water partition coefficient (Wildman–Crippen LogP) is -1.13. The van der Waals surface area contributed by atoms with Gasteiger partial charge in [-0.15, -0.1) is 0 Å². The van der Waals surface area contributed by atoms with Crippen molar-refractivity contribution in [1.82, 2.24) is 10.4 Å². The average Bonchev–Trinajstić information content (AvgIpc) is 2.11.